The number of carbonyl (C=O) groups excluding carboxylic acids is 2. The summed E-state index contributed by atoms with van der Waals surface area (Å²) >= 11 is 0. The molecule has 2 aliphatic rings. The van der Waals surface area contributed by atoms with E-state index in [1.54, 1.807) is 0 Å². The van der Waals surface area contributed by atoms with Gasteiger partial charge < -0.3 is 15.0 Å². The van der Waals surface area contributed by atoms with Crippen molar-refractivity contribution < 1.29 is 27.1 Å². The maximum Gasteiger partial charge on any atom is 0.241 e. The van der Waals surface area contributed by atoms with E-state index in [0.29, 0.717) is 13.2 Å². The van der Waals surface area contributed by atoms with E-state index >= 15 is 0 Å². The number of hydrogen-bond acceptors (Lipinski definition) is 5. The molecule has 0 radical (unpaired) electrons. The Morgan fingerprint density at radius 2 is 1.80 bits per heavy atom. The summed E-state index contributed by atoms with van der Waals surface area (Å²) in [5.41, 5.74) is 0. The number of carbonyl (C=O) groups is 2. The number of sulfonamides is 1. The van der Waals surface area contributed by atoms with Gasteiger partial charge in [0, 0.05) is 19.2 Å². The Hall–Kier alpha value is -2.04. The maximum absolute atomic E-state index is 13.0. The van der Waals surface area contributed by atoms with Crippen LogP contribution in [-0.2, 0) is 24.3 Å². The van der Waals surface area contributed by atoms with Gasteiger partial charge in [0.1, 0.15) is 5.82 Å². The Labute approximate surface area is 176 Å². The Morgan fingerprint density at radius 3 is 2.43 bits per heavy atom. The molecule has 0 spiro atoms. The highest BCUT2D eigenvalue weighted by molar-refractivity contribution is 7.89. The van der Waals surface area contributed by atoms with Crippen molar-refractivity contribution in [3.8, 4) is 0 Å². The van der Waals surface area contributed by atoms with E-state index in [1.165, 1.54) is 4.90 Å². The van der Waals surface area contributed by atoms with Gasteiger partial charge in [-0.2, -0.15) is 0 Å². The van der Waals surface area contributed by atoms with Crippen LogP contribution < -0.4 is 10.0 Å². The minimum atomic E-state index is -3.96. The average molecular weight is 442 g/mol. The second-order valence-corrected chi connectivity index (χ2v) is 9.44. The molecule has 1 saturated carbocycles. The number of benzene rings is 1. The van der Waals surface area contributed by atoms with E-state index in [4.69, 9.17) is 4.74 Å². The zero-order chi connectivity index (χ0) is 21.6. The molecule has 3 rings (SSSR count). The molecular formula is C20H28FN3O5S. The van der Waals surface area contributed by atoms with E-state index < -0.39 is 28.3 Å². The van der Waals surface area contributed by atoms with Crippen LogP contribution in [-0.4, -0.2) is 63.5 Å². The Kier molecular flexibility index (Phi) is 7.79. The first kappa shape index (κ1) is 22.6. The van der Waals surface area contributed by atoms with Crippen LogP contribution in [0.2, 0.25) is 0 Å². The van der Waals surface area contributed by atoms with Crippen molar-refractivity contribution in [2.24, 2.45) is 0 Å². The summed E-state index contributed by atoms with van der Waals surface area (Å²) in [6.45, 7) is 0.522. The Balaban J connectivity index is 1.57. The normalized spacial score (nSPS) is 19.7. The van der Waals surface area contributed by atoms with Crippen LogP contribution in [0.3, 0.4) is 0 Å². The van der Waals surface area contributed by atoms with Crippen molar-refractivity contribution in [1.29, 1.82) is 0 Å². The maximum atomic E-state index is 13.0. The van der Waals surface area contributed by atoms with Crippen LogP contribution in [0, 0.1) is 5.82 Å². The quantitative estimate of drug-likeness (QED) is 0.599. The number of ether oxygens (including phenoxy) is 1. The molecule has 1 heterocycles. The third-order valence-electron chi connectivity index (χ3n) is 5.49. The fourth-order valence-electron chi connectivity index (χ4n) is 3.84. The van der Waals surface area contributed by atoms with Gasteiger partial charge in [0.15, 0.2) is 0 Å². The van der Waals surface area contributed by atoms with Gasteiger partial charge in [-0.1, -0.05) is 12.8 Å². The van der Waals surface area contributed by atoms with Gasteiger partial charge in [0.25, 0.3) is 0 Å². The van der Waals surface area contributed by atoms with Crippen molar-refractivity contribution in [3.05, 3.63) is 30.1 Å². The van der Waals surface area contributed by atoms with Gasteiger partial charge >= 0.3 is 0 Å². The molecule has 1 aromatic rings. The molecule has 1 aliphatic carbocycles. The summed E-state index contributed by atoms with van der Waals surface area (Å²) in [5.74, 6) is -1.29. The molecule has 8 nitrogen and oxygen atoms in total. The molecule has 2 amide bonds. The number of nitrogens with one attached hydrogen (secondary N) is 2. The molecule has 1 aliphatic heterocycles. The molecule has 1 atom stereocenters. The Bertz CT molecular complexity index is 835. The smallest absolute Gasteiger partial charge is 0.241 e. The van der Waals surface area contributed by atoms with E-state index in [9.17, 15) is 22.4 Å². The summed E-state index contributed by atoms with van der Waals surface area (Å²) in [6, 6.07) is 4.27. The molecule has 166 valence electrons. The second kappa shape index (κ2) is 10.3. The van der Waals surface area contributed by atoms with Gasteiger partial charge in [-0.25, -0.2) is 17.5 Å². The lowest BCUT2D eigenvalue weighted by Crippen LogP contribution is -2.49. The van der Waals surface area contributed by atoms with Crippen LogP contribution in [0.4, 0.5) is 4.39 Å². The number of nitrogens with zero attached hydrogens (tertiary/aromatic N) is 1. The second-order valence-electron chi connectivity index (χ2n) is 7.68. The summed E-state index contributed by atoms with van der Waals surface area (Å²) in [4.78, 5) is 26.5. The van der Waals surface area contributed by atoms with Crippen molar-refractivity contribution in [1.82, 2.24) is 14.9 Å². The molecule has 0 aromatic heterocycles. The number of hydrogen-bond donors (Lipinski definition) is 2. The van der Waals surface area contributed by atoms with E-state index in [-0.39, 0.29) is 29.5 Å². The number of amides is 2. The first-order valence-electron chi connectivity index (χ1n) is 10.3. The topological polar surface area (TPSA) is 105 Å². The summed E-state index contributed by atoms with van der Waals surface area (Å²) in [5, 5.41) is 2.80. The van der Waals surface area contributed by atoms with Gasteiger partial charge in [-0.3, -0.25) is 9.59 Å². The van der Waals surface area contributed by atoms with E-state index in [0.717, 1.165) is 62.8 Å². The number of rotatable bonds is 9. The Morgan fingerprint density at radius 1 is 1.10 bits per heavy atom. The molecule has 1 aromatic carbocycles. The van der Waals surface area contributed by atoms with Gasteiger partial charge in [0.2, 0.25) is 21.8 Å². The third kappa shape index (κ3) is 6.23. The molecule has 2 N–H and O–H groups in total. The lowest BCUT2D eigenvalue weighted by atomic mass is 10.2. The van der Waals surface area contributed by atoms with Crippen molar-refractivity contribution >= 4 is 21.8 Å². The summed E-state index contributed by atoms with van der Waals surface area (Å²) < 4.78 is 45.5. The standard InChI is InChI=1S/C20H28FN3O5S/c21-15-7-9-18(10-8-15)30(27,28)23-13-20(26)24(16-4-1-2-5-16)14-19(25)22-12-17-6-3-11-29-17/h7-10,16-17,23H,1-6,11-14H2,(H,22,25)/t17-/m1/s1. The lowest BCUT2D eigenvalue weighted by molar-refractivity contribution is -0.137. The van der Waals surface area contributed by atoms with E-state index in [2.05, 4.69) is 10.0 Å². The minimum absolute atomic E-state index is 0.00657. The minimum Gasteiger partial charge on any atom is -0.376 e. The molecule has 30 heavy (non-hydrogen) atoms. The first-order valence-corrected chi connectivity index (χ1v) is 11.8. The van der Waals surface area contributed by atoms with Crippen LogP contribution in [0.5, 0.6) is 0 Å². The SMILES string of the molecule is O=C(CN(C(=O)CNS(=O)(=O)c1ccc(F)cc1)C1CCCC1)NC[C@H]1CCCO1. The van der Waals surface area contributed by atoms with E-state index in [1.807, 2.05) is 0 Å². The van der Waals surface area contributed by atoms with Crippen LogP contribution in [0.1, 0.15) is 38.5 Å². The van der Waals surface area contributed by atoms with Crippen molar-refractivity contribution in [2.45, 2.75) is 55.6 Å². The van der Waals surface area contributed by atoms with Crippen LogP contribution >= 0.6 is 0 Å². The van der Waals surface area contributed by atoms with Crippen molar-refractivity contribution in [2.75, 3.05) is 26.2 Å². The highest BCUT2D eigenvalue weighted by Crippen LogP contribution is 2.23. The fourth-order valence-corrected chi connectivity index (χ4v) is 4.81. The predicted octanol–water partition coefficient (Wildman–Crippen LogP) is 1.17. The molecule has 10 heteroatoms. The lowest BCUT2D eigenvalue weighted by Gasteiger charge is -2.28. The van der Waals surface area contributed by atoms with Crippen molar-refractivity contribution in [3.63, 3.8) is 0 Å². The number of halogens is 1. The highest BCUT2D eigenvalue weighted by atomic mass is 32.2. The molecule has 0 unspecified atom stereocenters. The molecule has 0 bridgehead atoms. The first-order chi connectivity index (χ1) is 14.3. The predicted molar refractivity (Wildman–Crippen MR) is 108 cm³/mol. The summed E-state index contributed by atoms with van der Waals surface area (Å²) in [7, 11) is -3.96. The average Bonchev–Trinajstić information content (AvgIpc) is 3.43. The van der Waals surface area contributed by atoms with Crippen LogP contribution in [0.25, 0.3) is 0 Å². The molecule has 2 fully saturated rings. The van der Waals surface area contributed by atoms with Gasteiger partial charge in [-0.15, -0.1) is 0 Å². The monoisotopic (exact) mass is 441 g/mol. The highest BCUT2D eigenvalue weighted by Gasteiger charge is 2.29. The molecular weight excluding hydrogens is 413 g/mol. The summed E-state index contributed by atoms with van der Waals surface area (Å²) in [6.07, 6.45) is 5.39. The zero-order valence-electron chi connectivity index (χ0n) is 16.8. The van der Waals surface area contributed by atoms with Gasteiger partial charge in [-0.05, 0) is 49.9 Å². The zero-order valence-corrected chi connectivity index (χ0v) is 17.6. The third-order valence-corrected chi connectivity index (χ3v) is 6.91. The fraction of sp³-hybridized carbons (Fsp3) is 0.600. The van der Waals surface area contributed by atoms with Crippen LogP contribution in [0.15, 0.2) is 29.2 Å². The van der Waals surface area contributed by atoms with Gasteiger partial charge in [0.05, 0.1) is 24.1 Å². The largest absolute Gasteiger partial charge is 0.376 e. The molecule has 1 saturated heterocycles.